The molecule has 4 aliphatic heterocycles. The molecule has 19 heavy (non-hydrogen) atoms. The van der Waals surface area contributed by atoms with Crippen LogP contribution in [-0.4, -0.2) is 67.3 Å². The SMILES string of the molecule is NNC(CCCC1CCCO1)C1CN2CCN1CC2. The van der Waals surface area contributed by atoms with Gasteiger partial charge in [-0.2, -0.15) is 0 Å². The maximum absolute atomic E-state index is 5.80. The Kier molecular flexibility index (Phi) is 4.71. The minimum Gasteiger partial charge on any atom is -0.378 e. The van der Waals surface area contributed by atoms with E-state index in [-0.39, 0.29) is 0 Å². The highest BCUT2D eigenvalue weighted by Crippen LogP contribution is 2.22. The molecule has 4 rings (SSSR count). The second kappa shape index (κ2) is 6.50. The van der Waals surface area contributed by atoms with Gasteiger partial charge in [0, 0.05) is 51.4 Å². The van der Waals surface area contributed by atoms with Crippen LogP contribution in [0.4, 0.5) is 0 Å². The van der Waals surface area contributed by atoms with E-state index in [1.165, 1.54) is 64.8 Å². The van der Waals surface area contributed by atoms with E-state index in [1.54, 1.807) is 0 Å². The molecular weight excluding hydrogens is 240 g/mol. The summed E-state index contributed by atoms with van der Waals surface area (Å²) in [4.78, 5) is 5.20. The lowest BCUT2D eigenvalue weighted by Crippen LogP contribution is -2.67. The molecule has 0 radical (unpaired) electrons. The first kappa shape index (κ1) is 13.8. The summed E-state index contributed by atoms with van der Waals surface area (Å²) >= 11 is 0. The van der Waals surface area contributed by atoms with Crippen LogP contribution in [-0.2, 0) is 4.74 Å². The fourth-order valence-electron chi connectivity index (χ4n) is 3.86. The van der Waals surface area contributed by atoms with E-state index < -0.39 is 0 Å². The normalized spacial score (nSPS) is 39.6. The van der Waals surface area contributed by atoms with Crippen LogP contribution in [0.3, 0.4) is 0 Å². The smallest absolute Gasteiger partial charge is 0.0576 e. The molecule has 110 valence electrons. The van der Waals surface area contributed by atoms with Crippen LogP contribution < -0.4 is 11.3 Å². The fraction of sp³-hybridized carbons (Fsp3) is 1.00. The Hall–Kier alpha value is -0.200. The van der Waals surface area contributed by atoms with Crippen molar-refractivity contribution in [3.63, 3.8) is 0 Å². The van der Waals surface area contributed by atoms with Crippen molar-refractivity contribution < 1.29 is 4.74 Å². The predicted molar refractivity (Wildman–Crippen MR) is 75.7 cm³/mol. The summed E-state index contributed by atoms with van der Waals surface area (Å²) in [6, 6.07) is 1.04. The first-order chi connectivity index (χ1) is 9.36. The summed E-state index contributed by atoms with van der Waals surface area (Å²) in [5.74, 6) is 5.80. The molecule has 5 heteroatoms. The summed E-state index contributed by atoms with van der Waals surface area (Å²) in [6.07, 6.45) is 6.62. The van der Waals surface area contributed by atoms with Gasteiger partial charge < -0.3 is 4.74 Å². The zero-order valence-electron chi connectivity index (χ0n) is 11.9. The predicted octanol–water partition coefficient (Wildman–Crippen LogP) is 0.167. The highest BCUT2D eigenvalue weighted by atomic mass is 16.5. The Morgan fingerprint density at radius 3 is 2.68 bits per heavy atom. The molecule has 3 N–H and O–H groups in total. The largest absolute Gasteiger partial charge is 0.378 e. The number of hydrazine groups is 1. The Bertz CT molecular complexity index is 275. The Morgan fingerprint density at radius 1 is 1.26 bits per heavy atom. The lowest BCUT2D eigenvalue weighted by molar-refractivity contribution is -0.00545. The number of ether oxygens (including phenoxy) is 1. The van der Waals surface area contributed by atoms with E-state index in [0.717, 1.165) is 6.61 Å². The molecule has 3 atom stereocenters. The second-order valence-corrected chi connectivity index (χ2v) is 6.24. The van der Waals surface area contributed by atoms with Crippen LogP contribution >= 0.6 is 0 Å². The van der Waals surface area contributed by atoms with E-state index >= 15 is 0 Å². The van der Waals surface area contributed by atoms with Gasteiger partial charge in [0.25, 0.3) is 0 Å². The summed E-state index contributed by atoms with van der Waals surface area (Å²) in [6.45, 7) is 7.07. The van der Waals surface area contributed by atoms with Gasteiger partial charge in [0.1, 0.15) is 0 Å². The molecule has 0 saturated carbocycles. The van der Waals surface area contributed by atoms with E-state index in [2.05, 4.69) is 15.2 Å². The van der Waals surface area contributed by atoms with Crippen molar-refractivity contribution in [2.24, 2.45) is 5.84 Å². The minimum absolute atomic E-state index is 0.435. The van der Waals surface area contributed by atoms with Crippen molar-refractivity contribution >= 4 is 0 Å². The number of hydrogen-bond donors (Lipinski definition) is 2. The molecule has 0 spiro atoms. The van der Waals surface area contributed by atoms with Crippen molar-refractivity contribution in [2.75, 3.05) is 39.3 Å². The molecule has 2 bridgehead atoms. The van der Waals surface area contributed by atoms with E-state index in [4.69, 9.17) is 10.6 Å². The molecule has 0 aromatic heterocycles. The first-order valence-corrected chi connectivity index (χ1v) is 7.91. The van der Waals surface area contributed by atoms with Gasteiger partial charge in [0.05, 0.1) is 6.10 Å². The van der Waals surface area contributed by atoms with Gasteiger partial charge in [0.15, 0.2) is 0 Å². The van der Waals surface area contributed by atoms with Crippen molar-refractivity contribution in [1.82, 2.24) is 15.2 Å². The van der Waals surface area contributed by atoms with Gasteiger partial charge in [-0.1, -0.05) is 0 Å². The third-order valence-corrected chi connectivity index (χ3v) is 5.06. The average Bonchev–Trinajstić information content (AvgIpc) is 2.98. The van der Waals surface area contributed by atoms with E-state index in [1.807, 2.05) is 0 Å². The molecule has 4 aliphatic rings. The molecule has 0 aromatic rings. The zero-order valence-corrected chi connectivity index (χ0v) is 11.9. The molecule has 0 amide bonds. The standard InChI is InChI=1S/C14H28N4O/c15-16-13(5-1-3-12-4-2-10-19-12)14-11-17-6-8-18(14)9-7-17/h12-14,16H,1-11,15H2. The number of rotatable bonds is 6. The molecule has 0 aromatic carbocycles. The highest BCUT2D eigenvalue weighted by Gasteiger charge is 2.36. The van der Waals surface area contributed by atoms with Crippen LogP contribution in [0.1, 0.15) is 32.1 Å². The molecule has 0 aliphatic carbocycles. The molecule has 4 heterocycles. The number of nitrogens with zero attached hydrogens (tertiary/aromatic N) is 2. The second-order valence-electron chi connectivity index (χ2n) is 6.24. The number of piperazine rings is 3. The van der Waals surface area contributed by atoms with Crippen LogP contribution in [0.5, 0.6) is 0 Å². The molecule has 4 saturated heterocycles. The van der Waals surface area contributed by atoms with Crippen molar-refractivity contribution in [3.8, 4) is 0 Å². The van der Waals surface area contributed by atoms with Gasteiger partial charge in [0.2, 0.25) is 0 Å². The van der Waals surface area contributed by atoms with Crippen LogP contribution in [0.15, 0.2) is 0 Å². The van der Waals surface area contributed by atoms with Crippen LogP contribution in [0, 0.1) is 0 Å². The van der Waals surface area contributed by atoms with Gasteiger partial charge in [-0.25, -0.2) is 0 Å². The third-order valence-electron chi connectivity index (χ3n) is 5.06. The first-order valence-electron chi connectivity index (χ1n) is 7.91. The Balaban J connectivity index is 1.44. The quantitative estimate of drug-likeness (QED) is 0.531. The van der Waals surface area contributed by atoms with E-state index in [9.17, 15) is 0 Å². The molecule has 4 fully saturated rings. The molecule has 3 unspecified atom stereocenters. The minimum atomic E-state index is 0.435. The fourth-order valence-corrected chi connectivity index (χ4v) is 3.86. The van der Waals surface area contributed by atoms with Gasteiger partial charge in [-0.3, -0.25) is 21.1 Å². The topological polar surface area (TPSA) is 53.8 Å². The number of fused-ring (bicyclic) bond motifs is 3. The van der Waals surface area contributed by atoms with Gasteiger partial charge >= 0.3 is 0 Å². The lowest BCUT2D eigenvalue weighted by Gasteiger charge is -2.50. The highest BCUT2D eigenvalue weighted by molar-refractivity contribution is 4.94. The monoisotopic (exact) mass is 268 g/mol. The Labute approximate surface area is 116 Å². The third kappa shape index (κ3) is 3.28. The van der Waals surface area contributed by atoms with Gasteiger partial charge in [-0.05, 0) is 32.1 Å². The summed E-state index contributed by atoms with van der Waals surface area (Å²) in [5, 5.41) is 0. The lowest BCUT2D eigenvalue weighted by atomic mass is 9.95. The Morgan fingerprint density at radius 2 is 2.11 bits per heavy atom. The summed E-state index contributed by atoms with van der Waals surface area (Å²) < 4.78 is 5.69. The van der Waals surface area contributed by atoms with Crippen molar-refractivity contribution in [3.05, 3.63) is 0 Å². The number of hydrogen-bond acceptors (Lipinski definition) is 5. The van der Waals surface area contributed by atoms with Crippen molar-refractivity contribution in [2.45, 2.75) is 50.3 Å². The van der Waals surface area contributed by atoms with Gasteiger partial charge in [-0.15, -0.1) is 0 Å². The van der Waals surface area contributed by atoms with E-state index in [0.29, 0.717) is 18.2 Å². The van der Waals surface area contributed by atoms with Crippen LogP contribution in [0.25, 0.3) is 0 Å². The summed E-state index contributed by atoms with van der Waals surface area (Å²) in [7, 11) is 0. The maximum atomic E-state index is 5.80. The van der Waals surface area contributed by atoms with Crippen LogP contribution in [0.2, 0.25) is 0 Å². The summed E-state index contributed by atoms with van der Waals surface area (Å²) in [5.41, 5.74) is 3.07. The number of nitrogens with two attached hydrogens (primary N) is 1. The molecule has 5 nitrogen and oxygen atoms in total. The zero-order chi connectivity index (χ0) is 13.1. The maximum Gasteiger partial charge on any atom is 0.0576 e. The molecular formula is C14H28N4O. The number of nitrogens with one attached hydrogen (secondary N) is 1. The van der Waals surface area contributed by atoms with Crippen molar-refractivity contribution in [1.29, 1.82) is 0 Å². The average molecular weight is 268 g/mol.